The first kappa shape index (κ1) is 36.7. The van der Waals surface area contributed by atoms with Crippen LogP contribution in [0.2, 0.25) is 0 Å². The second kappa shape index (κ2) is 14.4. The highest BCUT2D eigenvalue weighted by Crippen LogP contribution is 2.47. The number of aromatic amines is 1. The molecule has 3 heterocycles. The molecule has 14 rings (SSSR count). The van der Waals surface area contributed by atoms with Crippen LogP contribution in [0, 0.1) is 0 Å². The van der Waals surface area contributed by atoms with Gasteiger partial charge in [0.2, 0.25) is 0 Å². The lowest BCUT2D eigenvalue weighted by molar-refractivity contribution is 1.19. The van der Waals surface area contributed by atoms with E-state index in [0.29, 0.717) is 0 Å². The zero-order valence-electron chi connectivity index (χ0n) is 35.8. The second-order valence-electron chi connectivity index (χ2n) is 17.5. The van der Waals surface area contributed by atoms with Gasteiger partial charge in [-0.2, -0.15) is 0 Å². The van der Waals surface area contributed by atoms with Gasteiger partial charge in [-0.25, -0.2) is 0 Å². The van der Waals surface area contributed by atoms with E-state index in [1.807, 2.05) is 12.4 Å². The van der Waals surface area contributed by atoms with E-state index >= 15 is 0 Å². The number of benzene rings is 11. The third-order valence-corrected chi connectivity index (χ3v) is 14.0. The number of hydrogen-bond acceptors (Lipinski definition) is 1. The molecule has 0 aliphatic heterocycles. The SMILES string of the molecule is c1c[nH]c(-c2nccc3c2c2cc(-c4ccc5c(-c6ccc7ccccc7c6)c6ccccc6c(-c6ccc7ccccc7c6)c5c4)ccc2n3-c2cc3ccccc3c3ccccc23)c1. The lowest BCUT2D eigenvalue weighted by Gasteiger charge is -2.19. The first-order valence-corrected chi connectivity index (χ1v) is 22.7. The van der Waals surface area contributed by atoms with Crippen LogP contribution in [0.4, 0.5) is 0 Å². The summed E-state index contributed by atoms with van der Waals surface area (Å²) in [5.74, 6) is 0. The molecule has 0 aliphatic rings. The fourth-order valence-corrected chi connectivity index (χ4v) is 11.0. The van der Waals surface area contributed by atoms with E-state index in [1.165, 1.54) is 86.9 Å². The van der Waals surface area contributed by atoms with Crippen LogP contribution in [0.5, 0.6) is 0 Å². The molecule has 3 nitrogen and oxygen atoms in total. The summed E-state index contributed by atoms with van der Waals surface area (Å²) >= 11 is 0. The fraction of sp³-hybridized carbons (Fsp3) is 0. The molecule has 0 unspecified atom stereocenters. The standard InChI is InChI=1S/C63H39N3/c1-3-14-41-34-46(25-23-39(41)12-1)60-51-20-9-10-21-52(51)61(47-26-24-40-13-2-4-15-42(40)35-47)54-36-43(27-29-53(54)60)44-28-30-57-55(37-44)62-58(31-33-65-63(62)56-22-11-32-64-56)66(57)59-38-45-16-5-6-17-48(45)49-18-7-8-19-50(49)59/h1-38,64H. The maximum Gasteiger partial charge on any atom is 0.0964 e. The summed E-state index contributed by atoms with van der Waals surface area (Å²) < 4.78 is 2.46. The van der Waals surface area contributed by atoms with Crippen LogP contribution in [-0.2, 0) is 0 Å². The third kappa shape index (κ3) is 5.54. The van der Waals surface area contributed by atoms with Gasteiger partial charge in [-0.1, -0.05) is 164 Å². The van der Waals surface area contributed by atoms with Crippen molar-refractivity contribution in [1.82, 2.24) is 14.5 Å². The Balaban J connectivity index is 1.06. The second-order valence-corrected chi connectivity index (χ2v) is 17.5. The topological polar surface area (TPSA) is 33.6 Å². The Kier molecular flexibility index (Phi) is 7.98. The van der Waals surface area contributed by atoms with Gasteiger partial charge in [0.1, 0.15) is 0 Å². The minimum absolute atomic E-state index is 0.937. The molecule has 0 atom stereocenters. The van der Waals surface area contributed by atoms with Crippen molar-refractivity contribution in [2.45, 2.75) is 0 Å². The number of hydrogen-bond donors (Lipinski definition) is 1. The van der Waals surface area contributed by atoms with Gasteiger partial charge >= 0.3 is 0 Å². The Labute approximate surface area is 380 Å². The minimum Gasteiger partial charge on any atom is -0.360 e. The highest BCUT2D eigenvalue weighted by molar-refractivity contribution is 6.23. The van der Waals surface area contributed by atoms with Gasteiger partial charge in [0, 0.05) is 28.6 Å². The summed E-state index contributed by atoms with van der Waals surface area (Å²) in [5, 5.41) is 17.1. The molecule has 0 aliphatic carbocycles. The van der Waals surface area contributed by atoms with E-state index in [4.69, 9.17) is 4.98 Å². The first-order valence-electron chi connectivity index (χ1n) is 22.7. The van der Waals surface area contributed by atoms with Crippen LogP contribution in [0.25, 0.3) is 137 Å². The summed E-state index contributed by atoms with van der Waals surface area (Å²) in [6.07, 6.45) is 3.93. The first-order chi connectivity index (χ1) is 32.7. The molecule has 66 heavy (non-hydrogen) atoms. The Hall–Kier alpha value is -8.79. The number of fused-ring (bicyclic) bond motifs is 10. The van der Waals surface area contributed by atoms with Crippen LogP contribution >= 0.6 is 0 Å². The van der Waals surface area contributed by atoms with Crippen LogP contribution in [0.1, 0.15) is 0 Å². The van der Waals surface area contributed by atoms with E-state index in [-0.39, 0.29) is 0 Å². The number of pyridine rings is 1. The lowest BCUT2D eigenvalue weighted by Crippen LogP contribution is -1.96. The number of nitrogens with one attached hydrogen (secondary N) is 1. The van der Waals surface area contributed by atoms with Crippen molar-refractivity contribution < 1.29 is 0 Å². The highest BCUT2D eigenvalue weighted by Gasteiger charge is 2.22. The molecular formula is C63H39N3. The Morgan fingerprint density at radius 3 is 1.56 bits per heavy atom. The fourth-order valence-electron chi connectivity index (χ4n) is 11.0. The van der Waals surface area contributed by atoms with E-state index in [9.17, 15) is 0 Å². The lowest BCUT2D eigenvalue weighted by atomic mass is 9.84. The van der Waals surface area contributed by atoms with Gasteiger partial charge in [0.25, 0.3) is 0 Å². The predicted molar refractivity (Wildman–Crippen MR) is 280 cm³/mol. The van der Waals surface area contributed by atoms with Crippen molar-refractivity contribution in [3.8, 4) is 50.5 Å². The third-order valence-electron chi connectivity index (χ3n) is 14.0. The summed E-state index contributed by atoms with van der Waals surface area (Å²) in [7, 11) is 0. The van der Waals surface area contributed by atoms with Gasteiger partial charge in [-0.05, 0) is 147 Å². The van der Waals surface area contributed by atoms with Gasteiger partial charge in [-0.3, -0.25) is 4.98 Å². The molecule has 0 bridgehead atoms. The van der Waals surface area contributed by atoms with Crippen molar-refractivity contribution in [2.24, 2.45) is 0 Å². The molecule has 0 fully saturated rings. The van der Waals surface area contributed by atoms with E-state index in [2.05, 4.69) is 228 Å². The molecule has 14 aromatic rings. The van der Waals surface area contributed by atoms with E-state index < -0.39 is 0 Å². The molecule has 0 radical (unpaired) electrons. The summed E-state index contributed by atoms with van der Waals surface area (Å²) in [6.45, 7) is 0. The van der Waals surface area contributed by atoms with Gasteiger partial charge < -0.3 is 9.55 Å². The normalized spacial score (nSPS) is 11.9. The van der Waals surface area contributed by atoms with Crippen LogP contribution in [0.15, 0.2) is 231 Å². The van der Waals surface area contributed by atoms with Gasteiger partial charge in [0.15, 0.2) is 0 Å². The molecule has 11 aromatic carbocycles. The Morgan fingerprint density at radius 2 is 0.879 bits per heavy atom. The predicted octanol–water partition coefficient (Wildman–Crippen LogP) is 17.1. The average molecular weight is 838 g/mol. The molecule has 0 spiro atoms. The summed E-state index contributed by atoms with van der Waals surface area (Å²) in [5.41, 5.74) is 12.6. The molecule has 3 heteroatoms. The minimum atomic E-state index is 0.937. The molecule has 306 valence electrons. The molecule has 0 amide bonds. The number of H-pyrrole nitrogens is 1. The molecule has 0 saturated carbocycles. The zero-order chi connectivity index (χ0) is 43.3. The maximum absolute atomic E-state index is 5.07. The molecule has 3 aromatic heterocycles. The zero-order valence-corrected chi connectivity index (χ0v) is 35.8. The smallest absolute Gasteiger partial charge is 0.0964 e. The molecular weight excluding hydrogens is 799 g/mol. The molecule has 0 saturated heterocycles. The average Bonchev–Trinajstić information content (AvgIpc) is 4.04. The quantitative estimate of drug-likeness (QED) is 0.136. The Morgan fingerprint density at radius 1 is 0.333 bits per heavy atom. The summed E-state index contributed by atoms with van der Waals surface area (Å²) in [6, 6.07) is 80.6. The molecule has 1 N–H and O–H groups in total. The number of nitrogens with zero attached hydrogens (tertiary/aromatic N) is 2. The van der Waals surface area contributed by atoms with Crippen LogP contribution in [0.3, 0.4) is 0 Å². The largest absolute Gasteiger partial charge is 0.360 e. The number of rotatable bonds is 5. The summed E-state index contributed by atoms with van der Waals surface area (Å²) in [4.78, 5) is 8.55. The Bertz CT molecular complexity index is 4290. The van der Waals surface area contributed by atoms with Crippen molar-refractivity contribution >= 4 is 86.4 Å². The van der Waals surface area contributed by atoms with Crippen molar-refractivity contribution in [1.29, 1.82) is 0 Å². The van der Waals surface area contributed by atoms with Crippen LogP contribution in [-0.4, -0.2) is 14.5 Å². The van der Waals surface area contributed by atoms with Crippen molar-refractivity contribution in [3.63, 3.8) is 0 Å². The van der Waals surface area contributed by atoms with Crippen molar-refractivity contribution in [3.05, 3.63) is 231 Å². The maximum atomic E-state index is 5.07. The van der Waals surface area contributed by atoms with E-state index in [0.717, 1.165) is 50.0 Å². The van der Waals surface area contributed by atoms with Gasteiger partial charge in [0.05, 0.1) is 28.1 Å². The highest BCUT2D eigenvalue weighted by atomic mass is 15.0. The van der Waals surface area contributed by atoms with Crippen molar-refractivity contribution in [2.75, 3.05) is 0 Å². The van der Waals surface area contributed by atoms with E-state index in [1.54, 1.807) is 0 Å². The number of aromatic nitrogens is 3. The van der Waals surface area contributed by atoms with Gasteiger partial charge in [-0.15, -0.1) is 0 Å². The monoisotopic (exact) mass is 837 g/mol. The van der Waals surface area contributed by atoms with Crippen LogP contribution < -0.4 is 0 Å².